The first-order chi connectivity index (χ1) is 9.61. The van der Waals surface area contributed by atoms with Crippen molar-refractivity contribution in [2.75, 3.05) is 19.7 Å². The number of piperidine rings is 1. The third-order valence-electron chi connectivity index (χ3n) is 4.29. The van der Waals surface area contributed by atoms with Gasteiger partial charge >= 0.3 is 0 Å². The summed E-state index contributed by atoms with van der Waals surface area (Å²) in [5, 5.41) is 11.8. The summed E-state index contributed by atoms with van der Waals surface area (Å²) in [6, 6.07) is 0.112. The normalized spacial score (nSPS) is 21.6. The molecule has 1 unspecified atom stereocenters. The van der Waals surface area contributed by atoms with Gasteiger partial charge in [-0.2, -0.15) is 0 Å². The minimum absolute atomic E-state index is 0.0369. The molecule has 1 aliphatic heterocycles. The summed E-state index contributed by atoms with van der Waals surface area (Å²) in [5.41, 5.74) is 0. The van der Waals surface area contributed by atoms with E-state index in [1.807, 2.05) is 11.8 Å². The van der Waals surface area contributed by atoms with Crippen molar-refractivity contribution in [3.63, 3.8) is 0 Å². The summed E-state index contributed by atoms with van der Waals surface area (Å²) >= 11 is 0. The number of aliphatic hydroxyl groups excluding tert-OH is 1. The Morgan fingerprint density at radius 3 is 2.40 bits per heavy atom. The molecule has 1 saturated heterocycles. The first kappa shape index (κ1) is 15.3. The molecule has 1 saturated carbocycles. The lowest BCUT2D eigenvalue weighted by Gasteiger charge is -2.32. The zero-order valence-corrected chi connectivity index (χ0v) is 12.3. The highest BCUT2D eigenvalue weighted by Crippen LogP contribution is 2.32. The van der Waals surface area contributed by atoms with E-state index in [9.17, 15) is 9.59 Å². The van der Waals surface area contributed by atoms with Crippen molar-refractivity contribution in [3.05, 3.63) is 0 Å². The van der Waals surface area contributed by atoms with Crippen LogP contribution in [0.3, 0.4) is 0 Å². The van der Waals surface area contributed by atoms with Gasteiger partial charge in [-0.05, 0) is 45.4 Å². The molecular weight excluding hydrogens is 256 g/mol. The van der Waals surface area contributed by atoms with Gasteiger partial charge in [0.2, 0.25) is 11.8 Å². The van der Waals surface area contributed by atoms with E-state index < -0.39 is 0 Å². The van der Waals surface area contributed by atoms with E-state index in [-0.39, 0.29) is 30.4 Å². The van der Waals surface area contributed by atoms with Gasteiger partial charge in [-0.1, -0.05) is 0 Å². The summed E-state index contributed by atoms with van der Waals surface area (Å²) in [4.78, 5) is 26.0. The van der Waals surface area contributed by atoms with Crippen LogP contribution in [-0.2, 0) is 9.59 Å². The number of amides is 2. The topological polar surface area (TPSA) is 69.6 Å². The fourth-order valence-corrected chi connectivity index (χ4v) is 2.78. The largest absolute Gasteiger partial charge is 0.396 e. The molecule has 0 aromatic heterocycles. The Kier molecular flexibility index (Phi) is 5.40. The molecule has 1 heterocycles. The second-order valence-electron chi connectivity index (χ2n) is 6.15. The van der Waals surface area contributed by atoms with E-state index in [1.54, 1.807) is 0 Å². The smallest absolute Gasteiger partial charge is 0.225 e. The molecule has 1 atom stereocenters. The minimum atomic E-state index is 0.0369. The van der Waals surface area contributed by atoms with Crippen LogP contribution < -0.4 is 5.32 Å². The first-order valence-electron chi connectivity index (χ1n) is 7.82. The Labute approximate surface area is 120 Å². The highest BCUT2D eigenvalue weighted by molar-refractivity contribution is 5.82. The Bertz CT molecular complexity index is 347. The fraction of sp³-hybridized carbons (Fsp3) is 0.867. The fourth-order valence-electron chi connectivity index (χ4n) is 2.78. The van der Waals surface area contributed by atoms with Gasteiger partial charge in [0.25, 0.3) is 0 Å². The van der Waals surface area contributed by atoms with E-state index in [0.29, 0.717) is 5.91 Å². The maximum absolute atomic E-state index is 12.1. The van der Waals surface area contributed by atoms with Crippen LogP contribution in [0.2, 0.25) is 0 Å². The number of rotatable bonds is 6. The Morgan fingerprint density at radius 1 is 1.20 bits per heavy atom. The molecule has 2 rings (SSSR count). The molecule has 0 spiro atoms. The van der Waals surface area contributed by atoms with Crippen LogP contribution in [0.1, 0.15) is 45.4 Å². The van der Waals surface area contributed by atoms with Gasteiger partial charge in [-0.3, -0.25) is 9.59 Å². The van der Waals surface area contributed by atoms with Gasteiger partial charge < -0.3 is 15.3 Å². The van der Waals surface area contributed by atoms with Gasteiger partial charge in [0.05, 0.1) is 0 Å². The van der Waals surface area contributed by atoms with Crippen molar-refractivity contribution in [1.29, 1.82) is 0 Å². The SMILES string of the molecule is CC(CCCO)NC(=O)C1CCN(C(=O)C2CC2)CC1. The predicted octanol–water partition coefficient (Wildman–Crippen LogP) is 0.912. The number of nitrogens with zero attached hydrogens (tertiary/aromatic N) is 1. The van der Waals surface area contributed by atoms with Crippen molar-refractivity contribution in [2.24, 2.45) is 11.8 Å². The highest BCUT2D eigenvalue weighted by Gasteiger charge is 2.36. The zero-order chi connectivity index (χ0) is 14.5. The van der Waals surface area contributed by atoms with E-state index in [4.69, 9.17) is 5.11 Å². The number of hydrogen-bond donors (Lipinski definition) is 2. The molecule has 2 N–H and O–H groups in total. The van der Waals surface area contributed by atoms with Crippen molar-refractivity contribution < 1.29 is 14.7 Å². The second-order valence-corrected chi connectivity index (χ2v) is 6.15. The number of aliphatic hydroxyl groups is 1. The zero-order valence-electron chi connectivity index (χ0n) is 12.3. The van der Waals surface area contributed by atoms with Crippen LogP contribution in [0.4, 0.5) is 0 Å². The average molecular weight is 282 g/mol. The summed E-state index contributed by atoms with van der Waals surface area (Å²) in [7, 11) is 0. The number of hydrogen-bond acceptors (Lipinski definition) is 3. The molecule has 0 aromatic carbocycles. The van der Waals surface area contributed by atoms with Gasteiger partial charge in [0.1, 0.15) is 0 Å². The van der Waals surface area contributed by atoms with E-state index in [0.717, 1.165) is 51.6 Å². The van der Waals surface area contributed by atoms with Crippen LogP contribution in [-0.4, -0.2) is 47.6 Å². The lowest BCUT2D eigenvalue weighted by Crippen LogP contribution is -2.45. The Balaban J connectivity index is 1.69. The molecule has 5 nitrogen and oxygen atoms in total. The predicted molar refractivity (Wildman–Crippen MR) is 76.0 cm³/mol. The third-order valence-corrected chi connectivity index (χ3v) is 4.29. The monoisotopic (exact) mass is 282 g/mol. The van der Waals surface area contributed by atoms with Gasteiger partial charge in [0.15, 0.2) is 0 Å². The molecule has 2 amide bonds. The Hall–Kier alpha value is -1.10. The Morgan fingerprint density at radius 2 is 1.85 bits per heavy atom. The van der Waals surface area contributed by atoms with E-state index >= 15 is 0 Å². The molecule has 5 heteroatoms. The molecule has 2 fully saturated rings. The van der Waals surface area contributed by atoms with Crippen molar-refractivity contribution >= 4 is 11.8 Å². The van der Waals surface area contributed by atoms with Gasteiger partial charge in [-0.15, -0.1) is 0 Å². The van der Waals surface area contributed by atoms with Crippen molar-refractivity contribution in [2.45, 2.75) is 51.5 Å². The van der Waals surface area contributed by atoms with Crippen LogP contribution in [0.15, 0.2) is 0 Å². The number of likely N-dealkylation sites (tertiary alicyclic amines) is 1. The van der Waals surface area contributed by atoms with Crippen LogP contribution in [0.5, 0.6) is 0 Å². The molecule has 0 aromatic rings. The van der Waals surface area contributed by atoms with E-state index in [1.165, 1.54) is 0 Å². The standard InChI is InChI=1S/C15H26N2O3/c1-11(3-2-10-18)16-14(19)12-6-8-17(9-7-12)15(20)13-4-5-13/h11-13,18H,2-10H2,1H3,(H,16,19). The molecule has 1 aliphatic carbocycles. The van der Waals surface area contributed by atoms with Crippen molar-refractivity contribution in [1.82, 2.24) is 10.2 Å². The summed E-state index contributed by atoms with van der Waals surface area (Å²) in [6.07, 6.45) is 5.16. The van der Waals surface area contributed by atoms with Crippen LogP contribution in [0.25, 0.3) is 0 Å². The lowest BCUT2D eigenvalue weighted by molar-refractivity contribution is -0.136. The van der Waals surface area contributed by atoms with Crippen LogP contribution >= 0.6 is 0 Å². The van der Waals surface area contributed by atoms with E-state index in [2.05, 4.69) is 5.32 Å². The average Bonchev–Trinajstić information content (AvgIpc) is 3.29. The third kappa shape index (κ3) is 4.20. The molecular formula is C15H26N2O3. The summed E-state index contributed by atoms with van der Waals surface area (Å²) in [5.74, 6) is 0.711. The maximum Gasteiger partial charge on any atom is 0.225 e. The summed E-state index contributed by atoms with van der Waals surface area (Å²) in [6.45, 7) is 3.58. The molecule has 2 aliphatic rings. The number of carbonyl (C=O) groups is 2. The summed E-state index contributed by atoms with van der Waals surface area (Å²) < 4.78 is 0. The van der Waals surface area contributed by atoms with Gasteiger partial charge in [0, 0.05) is 37.6 Å². The van der Waals surface area contributed by atoms with Gasteiger partial charge in [-0.25, -0.2) is 0 Å². The molecule has 20 heavy (non-hydrogen) atoms. The first-order valence-corrected chi connectivity index (χ1v) is 7.82. The quantitative estimate of drug-likeness (QED) is 0.761. The van der Waals surface area contributed by atoms with Crippen molar-refractivity contribution in [3.8, 4) is 0 Å². The van der Waals surface area contributed by atoms with Crippen LogP contribution in [0, 0.1) is 11.8 Å². The molecule has 114 valence electrons. The second kappa shape index (κ2) is 7.07. The highest BCUT2D eigenvalue weighted by atomic mass is 16.3. The number of nitrogens with one attached hydrogen (secondary N) is 1. The molecule has 0 bridgehead atoms. The minimum Gasteiger partial charge on any atom is -0.396 e. The lowest BCUT2D eigenvalue weighted by atomic mass is 9.95. The number of carbonyl (C=O) groups excluding carboxylic acids is 2. The maximum atomic E-state index is 12.1. The molecule has 0 radical (unpaired) electrons.